The van der Waals surface area contributed by atoms with Crippen molar-refractivity contribution in [3.63, 3.8) is 0 Å². The molecule has 0 unspecified atom stereocenters. The third-order valence-electron chi connectivity index (χ3n) is 0.758. The SMILES string of the molecule is Bc1nc(C=O)cs1. The summed E-state index contributed by atoms with van der Waals surface area (Å²) in [5.74, 6) is 0. The maximum absolute atomic E-state index is 9.96. The average molecular weight is 125 g/mol. The van der Waals surface area contributed by atoms with Gasteiger partial charge >= 0.3 is 0 Å². The van der Waals surface area contributed by atoms with Crippen molar-refractivity contribution < 1.29 is 4.79 Å². The molecule has 0 aliphatic rings. The van der Waals surface area contributed by atoms with Gasteiger partial charge in [-0.3, -0.25) is 4.79 Å². The van der Waals surface area contributed by atoms with E-state index in [1.807, 2.05) is 7.85 Å². The fraction of sp³-hybridized carbons (Fsp3) is 0. The highest BCUT2D eigenvalue weighted by Crippen LogP contribution is 1.92. The summed E-state index contributed by atoms with van der Waals surface area (Å²) in [7, 11) is 1.87. The molecule has 1 heterocycles. The van der Waals surface area contributed by atoms with Crippen LogP contribution in [0.15, 0.2) is 5.38 Å². The molecule has 1 aromatic heterocycles. The summed E-state index contributed by atoms with van der Waals surface area (Å²) in [6.07, 6.45) is 0.753. The van der Waals surface area contributed by atoms with E-state index in [2.05, 4.69) is 4.98 Å². The first-order valence-electron chi connectivity index (χ1n) is 2.20. The molecule has 1 rings (SSSR count). The lowest BCUT2D eigenvalue weighted by Crippen LogP contribution is -1.98. The Hall–Kier alpha value is -0.635. The molecule has 0 fully saturated rings. The van der Waals surface area contributed by atoms with Gasteiger partial charge in [-0.05, 0) is 0 Å². The normalized spacial score (nSPS) is 9.00. The van der Waals surface area contributed by atoms with Crippen LogP contribution in [0.25, 0.3) is 0 Å². The van der Waals surface area contributed by atoms with Crippen LogP contribution in [0.4, 0.5) is 0 Å². The molecule has 0 spiro atoms. The topological polar surface area (TPSA) is 30.0 Å². The number of rotatable bonds is 1. The molecule has 0 aliphatic carbocycles. The summed E-state index contributed by atoms with van der Waals surface area (Å²) in [4.78, 5) is 14.8. The van der Waals surface area contributed by atoms with Gasteiger partial charge in [0.25, 0.3) is 0 Å². The lowest BCUT2D eigenvalue weighted by molar-refractivity contribution is 0.112. The molecule has 0 saturated heterocycles. The van der Waals surface area contributed by atoms with Crippen molar-refractivity contribution in [1.29, 1.82) is 0 Å². The van der Waals surface area contributed by atoms with Crippen molar-refractivity contribution in [3.8, 4) is 0 Å². The van der Waals surface area contributed by atoms with Crippen LogP contribution in [0.1, 0.15) is 10.5 Å². The Morgan fingerprint density at radius 2 is 2.62 bits per heavy atom. The van der Waals surface area contributed by atoms with Gasteiger partial charge in [0, 0.05) is 10.3 Å². The highest BCUT2D eigenvalue weighted by Gasteiger charge is 1.91. The highest BCUT2D eigenvalue weighted by molar-refractivity contribution is 7.17. The lowest BCUT2D eigenvalue weighted by atomic mass is 10.2. The Labute approximate surface area is 52.0 Å². The van der Waals surface area contributed by atoms with Crippen LogP contribution in [0, 0.1) is 0 Å². The van der Waals surface area contributed by atoms with Crippen molar-refractivity contribution in [2.45, 2.75) is 0 Å². The number of thiazole rings is 1. The number of carbonyl (C=O) groups excluding carboxylic acids is 1. The van der Waals surface area contributed by atoms with Gasteiger partial charge in [0.1, 0.15) is 5.69 Å². The van der Waals surface area contributed by atoms with Gasteiger partial charge in [-0.15, -0.1) is 11.3 Å². The van der Waals surface area contributed by atoms with E-state index in [9.17, 15) is 4.79 Å². The van der Waals surface area contributed by atoms with Crippen LogP contribution in [-0.2, 0) is 0 Å². The molecule has 0 aromatic carbocycles. The zero-order valence-electron chi connectivity index (χ0n) is 4.42. The summed E-state index contributed by atoms with van der Waals surface area (Å²) >= 11 is 1.49. The van der Waals surface area contributed by atoms with Gasteiger partial charge < -0.3 is 0 Å². The molecule has 0 bridgehead atoms. The van der Waals surface area contributed by atoms with Gasteiger partial charge in [0.05, 0.1) is 0 Å². The Morgan fingerprint density at radius 1 is 1.88 bits per heavy atom. The second-order valence-corrected chi connectivity index (χ2v) is 2.47. The predicted octanol–water partition coefficient (Wildman–Crippen LogP) is -0.786. The van der Waals surface area contributed by atoms with Gasteiger partial charge in [-0.2, -0.15) is 0 Å². The minimum atomic E-state index is 0.535. The molecule has 0 atom stereocenters. The number of carbonyl (C=O) groups is 1. The fourth-order valence-corrected chi connectivity index (χ4v) is 0.992. The summed E-state index contributed by atoms with van der Waals surface area (Å²) in [6.45, 7) is 0. The van der Waals surface area contributed by atoms with Crippen molar-refractivity contribution in [2.75, 3.05) is 0 Å². The lowest BCUT2D eigenvalue weighted by Gasteiger charge is -1.70. The number of nitrogens with zero attached hydrogens (tertiary/aromatic N) is 1. The van der Waals surface area contributed by atoms with E-state index < -0.39 is 0 Å². The summed E-state index contributed by atoms with van der Waals surface area (Å²) < 4.78 is 0. The zero-order valence-corrected chi connectivity index (χ0v) is 5.23. The number of hydrogen-bond acceptors (Lipinski definition) is 3. The quantitative estimate of drug-likeness (QED) is 0.363. The Balaban J connectivity index is 3.00. The Kier molecular flexibility index (Phi) is 1.44. The molecule has 2 nitrogen and oxygen atoms in total. The maximum Gasteiger partial charge on any atom is 0.177 e. The average Bonchev–Trinajstić information content (AvgIpc) is 2.14. The summed E-state index contributed by atoms with van der Waals surface area (Å²) in [5.41, 5.74) is 0.535. The monoisotopic (exact) mass is 125 g/mol. The maximum atomic E-state index is 9.96. The molecule has 0 amide bonds. The molecule has 8 heavy (non-hydrogen) atoms. The number of aldehydes is 1. The van der Waals surface area contributed by atoms with Crippen molar-refractivity contribution in [2.24, 2.45) is 0 Å². The molecule has 0 aliphatic heterocycles. The van der Waals surface area contributed by atoms with Crippen LogP contribution in [0.5, 0.6) is 0 Å². The van der Waals surface area contributed by atoms with E-state index in [1.54, 1.807) is 5.38 Å². The number of aromatic nitrogens is 1. The van der Waals surface area contributed by atoms with Crippen molar-refractivity contribution in [3.05, 3.63) is 11.1 Å². The van der Waals surface area contributed by atoms with Crippen molar-refractivity contribution >= 4 is 30.4 Å². The van der Waals surface area contributed by atoms with Crippen LogP contribution in [0.2, 0.25) is 0 Å². The van der Waals surface area contributed by atoms with Crippen LogP contribution >= 0.6 is 11.3 Å². The van der Waals surface area contributed by atoms with Crippen LogP contribution < -0.4 is 4.91 Å². The largest absolute Gasteiger partial charge is 0.296 e. The molecule has 40 valence electrons. The molecule has 4 heteroatoms. The fourth-order valence-electron chi connectivity index (χ4n) is 0.434. The molecule has 0 radical (unpaired) electrons. The Morgan fingerprint density at radius 3 is 2.88 bits per heavy atom. The molecule has 0 N–H and O–H groups in total. The van der Waals surface area contributed by atoms with Gasteiger partial charge in [-0.1, -0.05) is 0 Å². The van der Waals surface area contributed by atoms with E-state index in [-0.39, 0.29) is 0 Å². The van der Waals surface area contributed by atoms with Crippen LogP contribution in [-0.4, -0.2) is 19.1 Å². The van der Waals surface area contributed by atoms with Crippen LogP contribution in [0.3, 0.4) is 0 Å². The van der Waals surface area contributed by atoms with Crippen molar-refractivity contribution in [1.82, 2.24) is 4.98 Å². The minimum Gasteiger partial charge on any atom is -0.296 e. The molecular weight excluding hydrogens is 121 g/mol. The first kappa shape index (κ1) is 5.50. The van der Waals surface area contributed by atoms with E-state index in [0.717, 1.165) is 11.2 Å². The number of hydrogen-bond donors (Lipinski definition) is 0. The molecule has 0 saturated carbocycles. The van der Waals surface area contributed by atoms with Gasteiger partial charge in [0.2, 0.25) is 0 Å². The second kappa shape index (κ2) is 2.09. The molecule has 1 aromatic rings. The van der Waals surface area contributed by atoms with Gasteiger partial charge in [-0.25, -0.2) is 4.98 Å². The standard InChI is InChI=1S/C4H4BNOS/c5-4-6-3(1-7)2-8-4/h1-2H,5H2. The van der Waals surface area contributed by atoms with E-state index in [0.29, 0.717) is 5.69 Å². The molecular formula is C4H4BNOS. The van der Waals surface area contributed by atoms with E-state index in [4.69, 9.17) is 0 Å². The van der Waals surface area contributed by atoms with Gasteiger partial charge in [0.15, 0.2) is 14.1 Å². The van der Waals surface area contributed by atoms with E-state index in [1.165, 1.54) is 11.3 Å². The summed E-state index contributed by atoms with van der Waals surface area (Å²) in [5, 5.41) is 1.74. The van der Waals surface area contributed by atoms with E-state index >= 15 is 0 Å². The smallest absolute Gasteiger partial charge is 0.177 e. The zero-order chi connectivity index (χ0) is 5.98. The third-order valence-corrected chi connectivity index (χ3v) is 1.55. The predicted molar refractivity (Wildman–Crippen MR) is 35.7 cm³/mol. The Bertz CT molecular complexity index is 198. The third kappa shape index (κ3) is 0.951. The second-order valence-electron chi connectivity index (χ2n) is 1.41. The highest BCUT2D eigenvalue weighted by atomic mass is 32.1. The minimum absolute atomic E-state index is 0.535. The summed E-state index contributed by atoms with van der Waals surface area (Å²) in [6, 6.07) is 0. The first-order chi connectivity index (χ1) is 3.83. The first-order valence-corrected chi connectivity index (χ1v) is 3.08.